The third-order valence-corrected chi connectivity index (χ3v) is 18.7. The second-order valence-corrected chi connectivity index (χ2v) is 29.2. The molecule has 17 nitrogen and oxygen atoms in total. The van der Waals surface area contributed by atoms with E-state index in [2.05, 4.69) is 76.3 Å². The van der Waals surface area contributed by atoms with E-state index in [1.807, 2.05) is 0 Å². The predicted octanol–water partition coefficient (Wildman–Crippen LogP) is 22.1. The van der Waals surface area contributed by atoms with Gasteiger partial charge in [-0.05, 0) is 103 Å². The lowest BCUT2D eigenvalue weighted by Crippen LogP contribution is -2.30. The number of carbonyl (C=O) groups is 4. The van der Waals surface area contributed by atoms with Gasteiger partial charge in [0.15, 0.2) is 12.2 Å². The van der Waals surface area contributed by atoms with E-state index in [-0.39, 0.29) is 25.7 Å². The molecule has 5 atom stereocenters. The van der Waals surface area contributed by atoms with Gasteiger partial charge in [0.25, 0.3) is 0 Å². The average molecular weight is 1400 g/mol. The SMILES string of the molecule is CCCCCC/C=C\C=C/CCCCCCCC(=O)O[C@H](COC(=O)CCCCCCCCCCCCCCC)COP(=O)(O)OC[C@H](O)COP(=O)(O)OC[C@@H](COC(=O)CCCCCCC/C=C\CCCCCCCC)OC(=O)CCCCCCC/C=C\CCCCCC. The molecule has 0 amide bonds. The molecule has 0 aromatic rings. The molecule has 0 aromatic heterocycles. The Hall–Kier alpha value is -2.98. The van der Waals surface area contributed by atoms with Gasteiger partial charge in [0.05, 0.1) is 26.4 Å². The zero-order chi connectivity index (χ0) is 70.4. The summed E-state index contributed by atoms with van der Waals surface area (Å²) in [6.07, 6.45) is 66.6. The number of hydrogen-bond donors (Lipinski definition) is 3. The minimum Gasteiger partial charge on any atom is -0.462 e. The van der Waals surface area contributed by atoms with Crippen LogP contribution in [0.4, 0.5) is 0 Å². The highest BCUT2D eigenvalue weighted by molar-refractivity contribution is 7.47. The summed E-state index contributed by atoms with van der Waals surface area (Å²) in [5.41, 5.74) is 0. The Balaban J connectivity index is 5.33. The maximum Gasteiger partial charge on any atom is 0.472 e. The lowest BCUT2D eigenvalue weighted by Gasteiger charge is -2.21. The van der Waals surface area contributed by atoms with Crippen LogP contribution in [0.15, 0.2) is 48.6 Å². The summed E-state index contributed by atoms with van der Waals surface area (Å²) in [6, 6.07) is 0. The number of hydrogen-bond acceptors (Lipinski definition) is 15. The second-order valence-electron chi connectivity index (χ2n) is 26.3. The molecule has 19 heteroatoms. The molecule has 2 unspecified atom stereocenters. The van der Waals surface area contributed by atoms with E-state index in [0.717, 1.165) is 135 Å². The van der Waals surface area contributed by atoms with E-state index in [1.165, 1.54) is 148 Å². The Bertz CT molecular complexity index is 2010. The summed E-state index contributed by atoms with van der Waals surface area (Å²) in [6.45, 7) is 4.86. The van der Waals surface area contributed by atoms with E-state index >= 15 is 0 Å². The Morgan fingerprint density at radius 2 is 0.510 bits per heavy atom. The Morgan fingerprint density at radius 3 is 0.792 bits per heavy atom. The van der Waals surface area contributed by atoms with Gasteiger partial charge in [-0.2, -0.15) is 0 Å². The van der Waals surface area contributed by atoms with Gasteiger partial charge in [0.1, 0.15) is 19.3 Å². The highest BCUT2D eigenvalue weighted by Crippen LogP contribution is 2.45. The summed E-state index contributed by atoms with van der Waals surface area (Å²) in [7, 11) is -9.94. The van der Waals surface area contributed by atoms with Gasteiger partial charge < -0.3 is 33.8 Å². The normalized spacial score (nSPS) is 14.2. The number of rotatable bonds is 74. The molecule has 0 rings (SSSR count). The third-order valence-electron chi connectivity index (χ3n) is 16.8. The summed E-state index contributed by atoms with van der Waals surface area (Å²) in [5.74, 6) is -2.18. The van der Waals surface area contributed by atoms with Gasteiger partial charge in [-0.25, -0.2) is 9.13 Å². The molecule has 0 saturated carbocycles. The average Bonchev–Trinajstić information content (AvgIpc) is 1.29. The van der Waals surface area contributed by atoms with Crippen molar-refractivity contribution in [3.63, 3.8) is 0 Å². The standard InChI is InChI=1S/C77H142O17P2/c1-5-9-13-17-21-25-29-33-35-39-42-46-50-54-58-62-75(80)88-68-72(93-76(81)63-59-55-51-47-43-38-32-28-24-20-16-12-8-4)69-91-95(83,84)89-65-71(78)66-90-96(85,86)92-70-73(67-87-74(79)61-57-53-49-45-41-37-31-27-23-19-15-11-7-3)94-77(82)64-60-56-52-48-44-40-36-34-30-26-22-18-14-10-6-2/h26,28,30,32-36,71-73,78H,5-25,27,29,31,37-70H2,1-4H3,(H,83,84)(H,85,86)/b30-26-,32-28-,35-33-,36-34-/t71-,72-,73-/m1/s1. The largest absolute Gasteiger partial charge is 0.472 e. The van der Waals surface area contributed by atoms with Crippen LogP contribution in [-0.2, 0) is 65.4 Å². The molecule has 0 radical (unpaired) electrons. The van der Waals surface area contributed by atoms with Crippen LogP contribution in [0, 0.1) is 0 Å². The summed E-state index contributed by atoms with van der Waals surface area (Å²) in [5, 5.41) is 10.6. The number of phosphoric ester groups is 2. The lowest BCUT2D eigenvalue weighted by atomic mass is 10.0. The van der Waals surface area contributed by atoms with Gasteiger partial charge in [-0.3, -0.25) is 37.3 Å². The van der Waals surface area contributed by atoms with E-state index in [9.17, 15) is 43.2 Å². The Morgan fingerprint density at radius 1 is 0.292 bits per heavy atom. The smallest absolute Gasteiger partial charge is 0.462 e. The molecule has 0 spiro atoms. The van der Waals surface area contributed by atoms with Crippen LogP contribution in [0.2, 0.25) is 0 Å². The summed E-state index contributed by atoms with van der Waals surface area (Å²) < 4.78 is 68.5. The van der Waals surface area contributed by atoms with Crippen LogP contribution in [0.25, 0.3) is 0 Å². The molecule has 0 saturated heterocycles. The fourth-order valence-corrected chi connectivity index (χ4v) is 12.4. The molecular weight excluding hydrogens is 1260 g/mol. The minimum atomic E-state index is -4.97. The number of allylic oxidation sites excluding steroid dienone is 8. The fourth-order valence-electron chi connectivity index (χ4n) is 10.8. The van der Waals surface area contributed by atoms with Crippen molar-refractivity contribution in [3.8, 4) is 0 Å². The van der Waals surface area contributed by atoms with Crippen LogP contribution in [0.1, 0.15) is 362 Å². The first-order valence-electron chi connectivity index (χ1n) is 38.9. The molecule has 0 fully saturated rings. The van der Waals surface area contributed by atoms with Crippen molar-refractivity contribution in [1.29, 1.82) is 0 Å². The quantitative estimate of drug-likeness (QED) is 0.0128. The number of esters is 4. The molecular formula is C77H142O17P2. The van der Waals surface area contributed by atoms with Crippen LogP contribution in [0.3, 0.4) is 0 Å². The van der Waals surface area contributed by atoms with Crippen molar-refractivity contribution in [2.24, 2.45) is 0 Å². The van der Waals surface area contributed by atoms with Crippen molar-refractivity contribution in [1.82, 2.24) is 0 Å². The van der Waals surface area contributed by atoms with E-state index in [1.54, 1.807) is 0 Å². The van der Waals surface area contributed by atoms with Crippen LogP contribution in [-0.4, -0.2) is 96.7 Å². The maximum atomic E-state index is 13.1. The minimum absolute atomic E-state index is 0.0832. The van der Waals surface area contributed by atoms with Crippen LogP contribution < -0.4 is 0 Å². The lowest BCUT2D eigenvalue weighted by molar-refractivity contribution is -0.161. The van der Waals surface area contributed by atoms with Gasteiger partial charge >= 0.3 is 39.5 Å². The van der Waals surface area contributed by atoms with Gasteiger partial charge in [0.2, 0.25) is 0 Å². The van der Waals surface area contributed by atoms with Crippen molar-refractivity contribution in [3.05, 3.63) is 48.6 Å². The number of aliphatic hydroxyl groups excluding tert-OH is 1. The van der Waals surface area contributed by atoms with Crippen molar-refractivity contribution in [2.75, 3.05) is 39.6 Å². The zero-order valence-corrected chi connectivity index (χ0v) is 63.1. The summed E-state index contributed by atoms with van der Waals surface area (Å²) in [4.78, 5) is 72.8. The number of phosphoric acid groups is 2. The van der Waals surface area contributed by atoms with E-state index < -0.39 is 97.5 Å². The number of carbonyl (C=O) groups excluding carboxylic acids is 4. The molecule has 0 aromatic carbocycles. The molecule has 96 heavy (non-hydrogen) atoms. The van der Waals surface area contributed by atoms with Gasteiger partial charge in [-0.15, -0.1) is 0 Å². The highest BCUT2D eigenvalue weighted by atomic mass is 31.2. The molecule has 562 valence electrons. The van der Waals surface area contributed by atoms with E-state index in [0.29, 0.717) is 25.7 Å². The molecule has 0 aliphatic rings. The molecule has 0 heterocycles. The first-order chi connectivity index (χ1) is 46.7. The van der Waals surface area contributed by atoms with Crippen LogP contribution >= 0.6 is 15.6 Å². The molecule has 0 aliphatic heterocycles. The topological polar surface area (TPSA) is 237 Å². The van der Waals surface area contributed by atoms with Gasteiger partial charge in [0, 0.05) is 25.7 Å². The first-order valence-corrected chi connectivity index (χ1v) is 41.9. The van der Waals surface area contributed by atoms with Gasteiger partial charge in [-0.1, -0.05) is 282 Å². The third kappa shape index (κ3) is 69.5. The zero-order valence-electron chi connectivity index (χ0n) is 61.3. The maximum absolute atomic E-state index is 13.1. The fraction of sp³-hybridized carbons (Fsp3) is 0.844. The number of unbranched alkanes of at least 4 members (excludes halogenated alkanes) is 41. The Labute approximate surface area is 585 Å². The van der Waals surface area contributed by atoms with Crippen molar-refractivity contribution >= 4 is 39.5 Å². The van der Waals surface area contributed by atoms with Crippen molar-refractivity contribution < 1.29 is 80.2 Å². The van der Waals surface area contributed by atoms with Crippen LogP contribution in [0.5, 0.6) is 0 Å². The van der Waals surface area contributed by atoms with E-state index in [4.69, 9.17) is 37.0 Å². The molecule has 0 bridgehead atoms. The Kier molecular flexibility index (Phi) is 68.3. The second kappa shape index (κ2) is 70.5. The molecule has 0 aliphatic carbocycles. The number of aliphatic hydroxyl groups is 1. The summed E-state index contributed by atoms with van der Waals surface area (Å²) >= 11 is 0. The predicted molar refractivity (Wildman–Crippen MR) is 390 cm³/mol. The first kappa shape index (κ1) is 93.0. The van der Waals surface area contributed by atoms with Crippen molar-refractivity contribution in [2.45, 2.75) is 380 Å². The monoisotopic (exact) mass is 1400 g/mol. The molecule has 3 N–H and O–H groups in total. The number of ether oxygens (including phenoxy) is 4. The highest BCUT2D eigenvalue weighted by Gasteiger charge is 2.30.